The van der Waals surface area contributed by atoms with Gasteiger partial charge in [-0.05, 0) is 104 Å². The van der Waals surface area contributed by atoms with Gasteiger partial charge in [-0.3, -0.25) is 4.99 Å². The summed E-state index contributed by atoms with van der Waals surface area (Å²) in [5, 5.41) is 2.38. The molecular formula is C52H59N3O2Pt. The first-order chi connectivity index (χ1) is 26.9. The molecule has 2 aliphatic heterocycles. The molecule has 0 amide bonds. The molecule has 58 heavy (non-hydrogen) atoms. The molecule has 6 heteroatoms. The molecule has 0 aliphatic carbocycles. The summed E-state index contributed by atoms with van der Waals surface area (Å²) in [4.78, 5) is 10.5. The quantitative estimate of drug-likeness (QED) is 0.136. The van der Waals surface area contributed by atoms with Crippen LogP contribution in [0.1, 0.15) is 131 Å². The van der Waals surface area contributed by atoms with E-state index in [0.717, 1.165) is 64.7 Å². The Hall–Kier alpha value is -4.21. The Morgan fingerprint density at radius 2 is 1.50 bits per heavy atom. The zero-order valence-corrected chi connectivity index (χ0v) is 39.1. The van der Waals surface area contributed by atoms with Crippen LogP contribution in [0.3, 0.4) is 0 Å². The number of ether oxygens (including phenoxy) is 2. The van der Waals surface area contributed by atoms with Crippen molar-refractivity contribution in [2.75, 3.05) is 6.61 Å². The summed E-state index contributed by atoms with van der Waals surface area (Å²) in [5.41, 5.74) is 14.4. The van der Waals surface area contributed by atoms with Crippen molar-refractivity contribution in [2.45, 2.75) is 132 Å². The van der Waals surface area contributed by atoms with Crippen molar-refractivity contribution >= 4 is 27.7 Å². The smallest absolute Gasteiger partial charge is 0.518 e. The van der Waals surface area contributed by atoms with Crippen molar-refractivity contribution in [1.29, 1.82) is 0 Å². The first kappa shape index (κ1) is 41.9. The molecule has 8 rings (SSSR count). The van der Waals surface area contributed by atoms with Gasteiger partial charge in [0.05, 0.1) is 5.54 Å². The molecule has 4 aromatic carbocycles. The Morgan fingerprint density at radius 1 is 0.810 bits per heavy atom. The Balaban J connectivity index is 0.00000512. The zero-order valence-electron chi connectivity index (χ0n) is 36.8. The van der Waals surface area contributed by atoms with Crippen LogP contribution in [0.4, 0.5) is 0 Å². The minimum atomic E-state index is -0.279. The van der Waals surface area contributed by atoms with E-state index in [2.05, 4.69) is 155 Å². The number of nitrogens with zero attached hydrogens (tertiary/aromatic N) is 3. The van der Waals surface area contributed by atoms with Gasteiger partial charge in [-0.2, -0.15) is 6.07 Å². The molecule has 0 fully saturated rings. The summed E-state index contributed by atoms with van der Waals surface area (Å²) in [6.07, 6.45) is 6.51. The van der Waals surface area contributed by atoms with Crippen LogP contribution in [0.5, 0.6) is 11.5 Å². The number of pyridine rings is 1. The van der Waals surface area contributed by atoms with Crippen LogP contribution >= 0.6 is 0 Å². The number of aryl methyl sites for hydroxylation is 5. The molecule has 1 atom stereocenters. The van der Waals surface area contributed by atoms with E-state index in [-0.39, 0.29) is 37.4 Å². The summed E-state index contributed by atoms with van der Waals surface area (Å²) >= 11 is 0. The van der Waals surface area contributed by atoms with E-state index in [0.29, 0.717) is 29.9 Å². The van der Waals surface area contributed by atoms with Crippen LogP contribution in [-0.4, -0.2) is 27.6 Å². The summed E-state index contributed by atoms with van der Waals surface area (Å²) < 4.78 is 15.8. The minimum Gasteiger partial charge on any atom is -0.518 e. The number of aromatic nitrogens is 2. The molecule has 0 spiro atoms. The largest absolute Gasteiger partial charge is 2.00 e. The van der Waals surface area contributed by atoms with Gasteiger partial charge in [0, 0.05) is 34.2 Å². The zero-order chi connectivity index (χ0) is 40.8. The second-order valence-corrected chi connectivity index (χ2v) is 18.9. The predicted octanol–water partition coefficient (Wildman–Crippen LogP) is 13.5. The van der Waals surface area contributed by atoms with E-state index in [4.69, 9.17) is 19.5 Å². The molecule has 0 radical (unpaired) electrons. The van der Waals surface area contributed by atoms with Gasteiger partial charge < -0.3 is 14.0 Å². The third kappa shape index (κ3) is 7.04. The number of aliphatic imine (C=N–C) groups is 1. The fourth-order valence-electron chi connectivity index (χ4n) is 9.69. The topological polar surface area (TPSA) is 48.6 Å². The summed E-state index contributed by atoms with van der Waals surface area (Å²) in [7, 11) is 0. The molecule has 4 heterocycles. The second kappa shape index (κ2) is 15.1. The van der Waals surface area contributed by atoms with Gasteiger partial charge in [0.25, 0.3) is 0 Å². The minimum absolute atomic E-state index is 0. The Kier molecular flexibility index (Phi) is 10.9. The number of hydrogen-bond donors (Lipinski definition) is 0. The molecule has 0 saturated carbocycles. The van der Waals surface area contributed by atoms with E-state index < -0.39 is 0 Å². The predicted molar refractivity (Wildman–Crippen MR) is 237 cm³/mol. The molecule has 0 saturated heterocycles. The standard InChI is InChI=1S/C52H59N3O2.Pt/c1-14-16-37(17-15-2)52(13)29-56-49(54-52)36-22-35(46-33(6)18-30(3)19-34(46)7)23-39(24-36)57-45-27-44-40(21-32(45)5)41-25-38(50(8,9)10)26-42-47(41)55(44)48-43(51(42,11)12)20-31(4)28-53-48;/h18-23,25-26,28,37H,14-17,29H2,1-13H3;/q-2;+2/t52-;/m0./s1. The molecule has 2 aliphatic rings. The average molecular weight is 953 g/mol. The maximum absolute atomic E-state index is 6.97. The fourth-order valence-corrected chi connectivity index (χ4v) is 9.69. The number of hydrogen-bond acceptors (Lipinski definition) is 4. The molecule has 2 aromatic heterocycles. The van der Waals surface area contributed by atoms with Crippen molar-refractivity contribution < 1.29 is 30.5 Å². The Bertz CT molecular complexity index is 2590. The molecule has 0 N–H and O–H groups in total. The van der Waals surface area contributed by atoms with Gasteiger partial charge in [0.2, 0.25) is 0 Å². The maximum Gasteiger partial charge on any atom is 2.00 e. The SMILES string of the molecule is CCCC(CCC)[C@]1(C)COC(c2[c-]c(Oc3[c-]c4c(cc3C)c3cc(C(C)(C)C)cc5c3n4-c3ncc(C)cc3C5(C)C)cc(-c3c(C)cc(C)cc3C)c2)=N1.[Pt+2]. The van der Waals surface area contributed by atoms with Gasteiger partial charge in [0.15, 0.2) is 0 Å². The molecule has 0 unspecified atom stereocenters. The van der Waals surface area contributed by atoms with Gasteiger partial charge in [0.1, 0.15) is 18.3 Å². The fraction of sp³-hybridized carbons (Fsp3) is 0.423. The van der Waals surface area contributed by atoms with E-state index >= 15 is 0 Å². The second-order valence-electron chi connectivity index (χ2n) is 18.9. The first-order valence-corrected chi connectivity index (χ1v) is 21.0. The van der Waals surface area contributed by atoms with Crippen molar-refractivity contribution in [3.63, 3.8) is 0 Å². The number of benzene rings is 4. The third-order valence-corrected chi connectivity index (χ3v) is 12.7. The molecule has 304 valence electrons. The van der Waals surface area contributed by atoms with E-state index in [9.17, 15) is 0 Å². The normalized spacial score (nSPS) is 17.0. The summed E-state index contributed by atoms with van der Waals surface area (Å²) in [6.45, 7) is 29.7. The first-order valence-electron chi connectivity index (χ1n) is 21.0. The third-order valence-electron chi connectivity index (χ3n) is 12.7. The summed E-state index contributed by atoms with van der Waals surface area (Å²) in [5.74, 6) is 3.34. The van der Waals surface area contributed by atoms with E-state index in [1.807, 2.05) is 6.20 Å². The van der Waals surface area contributed by atoms with Gasteiger partial charge in [-0.25, -0.2) is 4.98 Å². The molecular weight excluding hydrogens is 894 g/mol. The van der Waals surface area contributed by atoms with Crippen LogP contribution in [-0.2, 0) is 36.6 Å². The summed E-state index contributed by atoms with van der Waals surface area (Å²) in [6, 6.07) is 25.6. The molecule has 6 aromatic rings. The average Bonchev–Trinajstić information content (AvgIpc) is 3.68. The molecule has 0 bridgehead atoms. The van der Waals surface area contributed by atoms with Crippen molar-refractivity contribution in [2.24, 2.45) is 10.9 Å². The van der Waals surface area contributed by atoms with E-state index in [1.54, 1.807) is 0 Å². The monoisotopic (exact) mass is 952 g/mol. The van der Waals surface area contributed by atoms with Crippen LogP contribution in [0.15, 0.2) is 59.7 Å². The van der Waals surface area contributed by atoms with Gasteiger partial charge >= 0.3 is 21.1 Å². The Labute approximate surface area is 360 Å². The number of fused-ring (bicyclic) bond motifs is 5. The van der Waals surface area contributed by atoms with Crippen LogP contribution in [0.2, 0.25) is 0 Å². The van der Waals surface area contributed by atoms with Gasteiger partial charge in [-0.1, -0.05) is 127 Å². The van der Waals surface area contributed by atoms with Crippen LogP contribution < -0.4 is 4.74 Å². The van der Waals surface area contributed by atoms with Gasteiger partial charge in [-0.15, -0.1) is 23.1 Å². The molecule has 5 nitrogen and oxygen atoms in total. The van der Waals surface area contributed by atoms with Crippen LogP contribution in [0, 0.1) is 52.7 Å². The van der Waals surface area contributed by atoms with Crippen molar-refractivity contribution in [3.8, 4) is 28.4 Å². The van der Waals surface area contributed by atoms with Crippen molar-refractivity contribution in [3.05, 3.63) is 117 Å². The Morgan fingerprint density at radius 3 is 2.16 bits per heavy atom. The van der Waals surface area contributed by atoms with Crippen LogP contribution in [0.25, 0.3) is 38.8 Å². The van der Waals surface area contributed by atoms with E-state index in [1.165, 1.54) is 49.8 Å². The number of rotatable bonds is 9. The maximum atomic E-state index is 6.97. The van der Waals surface area contributed by atoms with Crippen molar-refractivity contribution in [1.82, 2.24) is 9.55 Å².